The summed E-state index contributed by atoms with van der Waals surface area (Å²) in [6.07, 6.45) is 1.88. The van der Waals surface area contributed by atoms with Crippen molar-refractivity contribution in [1.29, 1.82) is 0 Å². The van der Waals surface area contributed by atoms with E-state index in [0.717, 1.165) is 16.8 Å². The first-order valence-corrected chi connectivity index (χ1v) is 11.1. The second kappa shape index (κ2) is 6.25. The van der Waals surface area contributed by atoms with Gasteiger partial charge in [-0.1, -0.05) is 36.6 Å². The standard InChI is InChI=1S/C18H21ClN4O4S/c1-11-13(19)5-4-6-14(11)23-20-16(27-22-23)21-28(25,26)10-18-8-7-12(9-15(18)24)17(18,2)3/h4-6,12H,7-10H2,1-3H3/b21-16+/t12?,18-/m0/s1. The molecule has 2 aliphatic rings. The lowest BCUT2D eigenvalue weighted by molar-refractivity contribution is -0.730. The summed E-state index contributed by atoms with van der Waals surface area (Å²) in [5, 5.41) is 8.27. The molecule has 2 fully saturated rings. The van der Waals surface area contributed by atoms with Gasteiger partial charge in [0.15, 0.2) is 0 Å². The topological polar surface area (TPSA) is 108 Å². The number of ketones is 1. The molecule has 2 bridgehead atoms. The number of benzene rings is 1. The largest absolute Gasteiger partial charge is 0.360 e. The Labute approximate surface area is 167 Å². The van der Waals surface area contributed by atoms with Crippen LogP contribution in [0.15, 0.2) is 27.1 Å². The molecular weight excluding hydrogens is 404 g/mol. The van der Waals surface area contributed by atoms with Gasteiger partial charge >= 0.3 is 0 Å². The third-order valence-electron chi connectivity index (χ3n) is 6.62. The first-order valence-electron chi connectivity index (χ1n) is 9.07. The van der Waals surface area contributed by atoms with Crippen molar-refractivity contribution >= 4 is 27.4 Å². The molecule has 1 unspecified atom stereocenters. The Kier molecular flexibility index (Phi) is 4.31. The van der Waals surface area contributed by atoms with Crippen molar-refractivity contribution in [2.24, 2.45) is 21.1 Å². The van der Waals surface area contributed by atoms with Crippen LogP contribution in [0.4, 0.5) is 0 Å². The lowest BCUT2D eigenvalue weighted by Crippen LogP contribution is -2.43. The fraction of sp³-hybridized carbons (Fsp3) is 0.556. The zero-order valence-corrected chi connectivity index (χ0v) is 17.4. The molecule has 10 heteroatoms. The van der Waals surface area contributed by atoms with Crippen LogP contribution in [0.5, 0.6) is 0 Å². The number of rotatable bonds is 4. The van der Waals surface area contributed by atoms with Crippen LogP contribution in [0.3, 0.4) is 0 Å². The van der Waals surface area contributed by atoms with Crippen LogP contribution in [0.25, 0.3) is 5.69 Å². The molecule has 150 valence electrons. The highest BCUT2D eigenvalue weighted by atomic mass is 35.5. The van der Waals surface area contributed by atoms with Gasteiger partial charge in [0.2, 0.25) is 15.7 Å². The average molecular weight is 425 g/mol. The van der Waals surface area contributed by atoms with Gasteiger partial charge in [-0.25, -0.2) is 12.8 Å². The van der Waals surface area contributed by atoms with Gasteiger partial charge in [0.1, 0.15) is 5.78 Å². The zero-order valence-electron chi connectivity index (χ0n) is 15.8. The number of carbonyl (C=O) groups excluding carboxylic acids is 1. The van der Waals surface area contributed by atoms with E-state index in [1.807, 2.05) is 13.8 Å². The highest BCUT2D eigenvalue weighted by Crippen LogP contribution is 2.64. The molecule has 4 rings (SSSR count). The monoisotopic (exact) mass is 424 g/mol. The van der Waals surface area contributed by atoms with Crippen molar-refractivity contribution in [1.82, 2.24) is 10.4 Å². The molecule has 0 aliphatic heterocycles. The summed E-state index contributed by atoms with van der Waals surface area (Å²) in [5.74, 6) is -0.0878. The Morgan fingerprint density at radius 2 is 2.18 bits per heavy atom. The molecule has 28 heavy (non-hydrogen) atoms. The van der Waals surface area contributed by atoms with E-state index in [2.05, 4.69) is 14.8 Å². The summed E-state index contributed by atoms with van der Waals surface area (Å²) in [4.78, 5) is 13.7. The quantitative estimate of drug-likeness (QED) is 0.688. The molecule has 0 spiro atoms. The fourth-order valence-corrected chi connectivity index (χ4v) is 6.55. The number of sulfonamides is 1. The summed E-state index contributed by atoms with van der Waals surface area (Å²) in [5.41, 5.74) is -0.356. The Morgan fingerprint density at radius 1 is 1.43 bits per heavy atom. The first kappa shape index (κ1) is 19.3. The van der Waals surface area contributed by atoms with Gasteiger partial charge in [0.25, 0.3) is 5.68 Å². The molecule has 0 saturated heterocycles. The number of carbonyl (C=O) groups is 1. The van der Waals surface area contributed by atoms with Gasteiger partial charge in [-0.05, 0) is 42.0 Å². The van der Waals surface area contributed by atoms with Crippen LogP contribution in [-0.2, 0) is 14.8 Å². The molecule has 2 atom stereocenters. The maximum atomic E-state index is 12.8. The van der Waals surface area contributed by atoms with Crippen molar-refractivity contribution < 1.29 is 22.5 Å². The van der Waals surface area contributed by atoms with Gasteiger partial charge in [-0.15, -0.1) is 0 Å². The third-order valence-corrected chi connectivity index (χ3v) is 8.32. The molecular formula is C18H21ClN4O4S. The fourth-order valence-electron chi connectivity index (χ4n) is 4.71. The number of hydrogen-bond acceptors (Lipinski definition) is 5. The maximum absolute atomic E-state index is 12.8. The number of aromatic nitrogens is 3. The van der Waals surface area contributed by atoms with Crippen LogP contribution in [0.1, 0.15) is 38.7 Å². The highest BCUT2D eigenvalue weighted by molar-refractivity contribution is 7.90. The molecule has 8 nitrogen and oxygen atoms in total. The van der Waals surface area contributed by atoms with E-state index in [0.29, 0.717) is 23.6 Å². The lowest BCUT2D eigenvalue weighted by atomic mass is 9.70. The minimum atomic E-state index is -3.98. The van der Waals surface area contributed by atoms with E-state index in [1.54, 1.807) is 25.1 Å². The highest BCUT2D eigenvalue weighted by Gasteiger charge is 2.65. The Morgan fingerprint density at radius 3 is 2.82 bits per heavy atom. The Balaban J connectivity index is 1.67. The average Bonchev–Trinajstić information content (AvgIpc) is 3.19. The van der Waals surface area contributed by atoms with Gasteiger partial charge in [0.05, 0.1) is 16.0 Å². The zero-order chi connectivity index (χ0) is 20.3. The number of hydrogen-bond donors (Lipinski definition) is 0. The number of nitrogens with zero attached hydrogens (tertiary/aromatic N) is 4. The van der Waals surface area contributed by atoms with Crippen molar-refractivity contribution in [2.75, 3.05) is 5.75 Å². The van der Waals surface area contributed by atoms with E-state index in [1.165, 1.54) is 0 Å². The summed E-state index contributed by atoms with van der Waals surface area (Å²) in [6.45, 7) is 5.75. The molecule has 0 N–H and O–H groups in total. The van der Waals surface area contributed by atoms with Crippen LogP contribution >= 0.6 is 11.6 Å². The first-order chi connectivity index (χ1) is 13.1. The molecule has 1 aromatic heterocycles. The molecule has 1 aromatic carbocycles. The SMILES string of the molecule is Cc1c(Cl)cccc1-[n+]1no/c(=N/S(=O)(=O)C[C@@]23CCC(CC2=O)C3(C)C)[n-]1. The molecule has 0 amide bonds. The van der Waals surface area contributed by atoms with E-state index >= 15 is 0 Å². The normalized spacial score (nSPS) is 26.9. The van der Waals surface area contributed by atoms with Gasteiger partial charge < -0.3 is 4.52 Å². The summed E-state index contributed by atoms with van der Waals surface area (Å²) in [6, 6.07) is 5.18. The van der Waals surface area contributed by atoms with Crippen LogP contribution < -0.4 is 15.6 Å². The molecule has 2 aromatic rings. The number of Topliss-reactive ketones (excluding diaryl/α,β-unsaturated/α-hetero) is 1. The van der Waals surface area contributed by atoms with E-state index in [-0.39, 0.29) is 28.6 Å². The van der Waals surface area contributed by atoms with Gasteiger partial charge in [0, 0.05) is 23.5 Å². The Bertz CT molecular complexity index is 1130. The predicted octanol–water partition coefficient (Wildman–Crippen LogP) is 1.50. The van der Waals surface area contributed by atoms with Crippen LogP contribution in [0, 0.1) is 23.7 Å². The van der Waals surface area contributed by atoms with Crippen molar-refractivity contribution in [2.45, 2.75) is 40.0 Å². The van der Waals surface area contributed by atoms with E-state index in [4.69, 9.17) is 16.1 Å². The van der Waals surface area contributed by atoms with E-state index in [9.17, 15) is 13.2 Å². The smallest absolute Gasteiger partial charge is 0.260 e. The summed E-state index contributed by atoms with van der Waals surface area (Å²) in [7, 11) is -3.98. The second-order valence-corrected chi connectivity index (χ2v) is 10.3. The Hall–Kier alpha value is -2.00. The van der Waals surface area contributed by atoms with Crippen molar-refractivity contribution in [3.05, 3.63) is 34.5 Å². The molecule has 2 aliphatic carbocycles. The third kappa shape index (κ3) is 2.83. The van der Waals surface area contributed by atoms with Gasteiger partial charge in [-0.2, -0.15) is 0 Å². The van der Waals surface area contributed by atoms with E-state index < -0.39 is 15.4 Å². The minimum absolute atomic E-state index is 0.0164. The summed E-state index contributed by atoms with van der Waals surface area (Å²) >= 11 is 6.10. The number of halogens is 1. The lowest BCUT2D eigenvalue weighted by Gasteiger charge is -2.35. The maximum Gasteiger partial charge on any atom is 0.260 e. The molecule has 0 radical (unpaired) electrons. The molecule has 2 saturated carbocycles. The minimum Gasteiger partial charge on any atom is -0.360 e. The molecule has 1 heterocycles. The van der Waals surface area contributed by atoms with Crippen LogP contribution in [0.2, 0.25) is 5.02 Å². The summed E-state index contributed by atoms with van der Waals surface area (Å²) < 4.78 is 34.2. The van der Waals surface area contributed by atoms with Crippen molar-refractivity contribution in [3.8, 4) is 5.69 Å². The van der Waals surface area contributed by atoms with Crippen LogP contribution in [-0.4, -0.2) is 25.2 Å². The van der Waals surface area contributed by atoms with Gasteiger partial charge in [-0.3, -0.25) is 4.79 Å². The second-order valence-electron chi connectivity index (χ2n) is 8.21. The number of fused-ring (bicyclic) bond motifs is 2. The predicted molar refractivity (Wildman–Crippen MR) is 99.0 cm³/mol. The van der Waals surface area contributed by atoms with Crippen molar-refractivity contribution in [3.63, 3.8) is 0 Å².